The number of thiophene rings is 1. The normalized spacial score (nSPS) is 16.1. The minimum atomic E-state index is 0.613. The largest absolute Gasteiger partial charge is 0.152 e. The lowest BCUT2D eigenvalue weighted by atomic mass is 9.92. The molecule has 0 aliphatic carbocycles. The van der Waals surface area contributed by atoms with E-state index in [1.54, 1.807) is 11.3 Å². The lowest BCUT2D eigenvalue weighted by Crippen LogP contribution is -2.18. The fourth-order valence-corrected chi connectivity index (χ4v) is 2.90. The van der Waals surface area contributed by atoms with Crippen LogP contribution in [0.2, 0.25) is 0 Å². The van der Waals surface area contributed by atoms with Gasteiger partial charge in [-0.1, -0.05) is 36.7 Å². The Bertz CT molecular complexity index is 228. The van der Waals surface area contributed by atoms with Crippen molar-refractivity contribution in [1.29, 1.82) is 0 Å². The zero-order valence-electron chi connectivity index (χ0n) is 8.46. The maximum atomic E-state index is 3.77. The standard InChI is InChI=1S/C11H17BrS/c1-8(2)9(3)11(12)6-10-4-5-13-7-10/h4-5,7-9,11H,6H2,1-3H3. The number of halogens is 1. The molecule has 0 spiro atoms. The van der Waals surface area contributed by atoms with Gasteiger partial charge in [0.1, 0.15) is 0 Å². The van der Waals surface area contributed by atoms with Crippen molar-refractivity contribution < 1.29 is 0 Å². The molecule has 0 saturated heterocycles. The zero-order chi connectivity index (χ0) is 9.84. The summed E-state index contributed by atoms with van der Waals surface area (Å²) in [5, 5.41) is 4.39. The van der Waals surface area contributed by atoms with E-state index in [0.717, 1.165) is 18.3 Å². The Morgan fingerprint density at radius 2 is 2.08 bits per heavy atom. The van der Waals surface area contributed by atoms with Gasteiger partial charge in [-0.3, -0.25) is 0 Å². The van der Waals surface area contributed by atoms with Crippen LogP contribution < -0.4 is 0 Å². The second kappa shape index (κ2) is 5.16. The van der Waals surface area contributed by atoms with E-state index in [2.05, 4.69) is 53.5 Å². The fraction of sp³-hybridized carbons (Fsp3) is 0.636. The average molecular weight is 261 g/mol. The van der Waals surface area contributed by atoms with Gasteiger partial charge in [-0.2, -0.15) is 11.3 Å². The second-order valence-electron chi connectivity index (χ2n) is 3.95. The summed E-state index contributed by atoms with van der Waals surface area (Å²) in [6.07, 6.45) is 1.16. The monoisotopic (exact) mass is 260 g/mol. The van der Waals surface area contributed by atoms with Gasteiger partial charge in [0.25, 0.3) is 0 Å². The third kappa shape index (κ3) is 3.43. The predicted molar refractivity (Wildman–Crippen MR) is 64.7 cm³/mol. The molecule has 1 heterocycles. The molecule has 2 unspecified atom stereocenters. The average Bonchev–Trinajstić information content (AvgIpc) is 2.55. The van der Waals surface area contributed by atoms with E-state index in [0.29, 0.717) is 4.83 Å². The molecule has 1 aromatic heterocycles. The van der Waals surface area contributed by atoms with Gasteiger partial charge in [-0.25, -0.2) is 0 Å². The molecule has 0 aromatic carbocycles. The molecule has 0 aliphatic heterocycles. The Balaban J connectivity index is 2.45. The lowest BCUT2D eigenvalue weighted by molar-refractivity contribution is 0.407. The molecular weight excluding hydrogens is 244 g/mol. The molecule has 0 fully saturated rings. The molecule has 0 N–H and O–H groups in total. The summed E-state index contributed by atoms with van der Waals surface area (Å²) >= 11 is 5.55. The van der Waals surface area contributed by atoms with Crippen LogP contribution in [0.1, 0.15) is 26.3 Å². The number of rotatable bonds is 4. The van der Waals surface area contributed by atoms with Crippen LogP contribution >= 0.6 is 27.3 Å². The third-order valence-electron chi connectivity index (χ3n) is 2.63. The summed E-state index contributed by atoms with van der Waals surface area (Å²) in [5.41, 5.74) is 1.46. The topological polar surface area (TPSA) is 0 Å². The molecule has 0 amide bonds. The van der Waals surface area contributed by atoms with E-state index in [-0.39, 0.29) is 0 Å². The first-order chi connectivity index (χ1) is 6.11. The van der Waals surface area contributed by atoms with Gasteiger partial charge in [0, 0.05) is 4.83 Å². The SMILES string of the molecule is CC(C)C(C)C(Br)Cc1ccsc1. The van der Waals surface area contributed by atoms with Crippen molar-refractivity contribution in [2.45, 2.75) is 32.0 Å². The first-order valence-electron chi connectivity index (χ1n) is 4.76. The molecule has 1 rings (SSSR count). The van der Waals surface area contributed by atoms with Crippen LogP contribution in [0.3, 0.4) is 0 Å². The summed E-state index contributed by atoms with van der Waals surface area (Å²) in [4.78, 5) is 0.613. The van der Waals surface area contributed by atoms with Crippen molar-refractivity contribution in [3.63, 3.8) is 0 Å². The van der Waals surface area contributed by atoms with Gasteiger partial charge in [-0.05, 0) is 40.6 Å². The van der Waals surface area contributed by atoms with Crippen molar-refractivity contribution in [3.8, 4) is 0 Å². The highest BCUT2D eigenvalue weighted by Crippen LogP contribution is 2.24. The van der Waals surface area contributed by atoms with Crippen molar-refractivity contribution in [2.24, 2.45) is 11.8 Å². The minimum absolute atomic E-state index is 0.613. The van der Waals surface area contributed by atoms with E-state index in [1.807, 2.05) is 0 Å². The Morgan fingerprint density at radius 3 is 2.54 bits per heavy atom. The molecule has 13 heavy (non-hydrogen) atoms. The Labute approximate surface area is 93.5 Å². The van der Waals surface area contributed by atoms with Crippen LogP contribution in [0, 0.1) is 11.8 Å². The molecule has 0 saturated carbocycles. The van der Waals surface area contributed by atoms with Crippen LogP contribution in [0.15, 0.2) is 16.8 Å². The van der Waals surface area contributed by atoms with Crippen molar-refractivity contribution in [3.05, 3.63) is 22.4 Å². The van der Waals surface area contributed by atoms with E-state index in [9.17, 15) is 0 Å². The van der Waals surface area contributed by atoms with E-state index in [1.165, 1.54) is 5.56 Å². The molecule has 0 aliphatic rings. The van der Waals surface area contributed by atoms with Gasteiger partial charge < -0.3 is 0 Å². The van der Waals surface area contributed by atoms with E-state index >= 15 is 0 Å². The summed E-state index contributed by atoms with van der Waals surface area (Å²) in [7, 11) is 0. The maximum Gasteiger partial charge on any atom is 0.0214 e. The van der Waals surface area contributed by atoms with Crippen LogP contribution in [0.25, 0.3) is 0 Å². The lowest BCUT2D eigenvalue weighted by Gasteiger charge is -2.21. The highest BCUT2D eigenvalue weighted by molar-refractivity contribution is 9.09. The highest BCUT2D eigenvalue weighted by Gasteiger charge is 2.17. The summed E-state index contributed by atoms with van der Waals surface area (Å²) in [6.45, 7) is 6.88. The number of hydrogen-bond acceptors (Lipinski definition) is 1. The molecule has 2 heteroatoms. The summed E-state index contributed by atoms with van der Waals surface area (Å²) in [6, 6.07) is 2.21. The Kier molecular flexibility index (Phi) is 4.47. The number of hydrogen-bond donors (Lipinski definition) is 0. The van der Waals surface area contributed by atoms with Gasteiger partial charge in [0.05, 0.1) is 0 Å². The molecule has 0 radical (unpaired) electrons. The molecule has 0 bridgehead atoms. The third-order valence-corrected chi connectivity index (χ3v) is 4.52. The highest BCUT2D eigenvalue weighted by atomic mass is 79.9. The summed E-state index contributed by atoms with van der Waals surface area (Å²) < 4.78 is 0. The van der Waals surface area contributed by atoms with Gasteiger partial charge in [0.15, 0.2) is 0 Å². The van der Waals surface area contributed by atoms with Crippen LogP contribution in [0.5, 0.6) is 0 Å². The Hall–Kier alpha value is 0.180. The second-order valence-corrected chi connectivity index (χ2v) is 5.91. The number of alkyl halides is 1. The maximum absolute atomic E-state index is 3.77. The minimum Gasteiger partial charge on any atom is -0.152 e. The van der Waals surface area contributed by atoms with E-state index < -0.39 is 0 Å². The van der Waals surface area contributed by atoms with E-state index in [4.69, 9.17) is 0 Å². The van der Waals surface area contributed by atoms with Crippen LogP contribution in [-0.2, 0) is 6.42 Å². The molecule has 74 valence electrons. The molecule has 1 aromatic rings. The Morgan fingerprint density at radius 1 is 1.38 bits per heavy atom. The predicted octanol–water partition coefficient (Wildman–Crippen LogP) is 4.35. The van der Waals surface area contributed by atoms with Gasteiger partial charge in [0.2, 0.25) is 0 Å². The summed E-state index contributed by atoms with van der Waals surface area (Å²) in [5.74, 6) is 1.49. The first kappa shape index (κ1) is 11.3. The molecular formula is C11H17BrS. The van der Waals surface area contributed by atoms with Gasteiger partial charge >= 0.3 is 0 Å². The zero-order valence-corrected chi connectivity index (χ0v) is 10.9. The fourth-order valence-electron chi connectivity index (χ4n) is 1.24. The van der Waals surface area contributed by atoms with Crippen LogP contribution in [-0.4, -0.2) is 4.83 Å². The molecule has 0 nitrogen and oxygen atoms in total. The quantitative estimate of drug-likeness (QED) is 0.707. The van der Waals surface area contributed by atoms with Gasteiger partial charge in [-0.15, -0.1) is 0 Å². The first-order valence-corrected chi connectivity index (χ1v) is 6.62. The van der Waals surface area contributed by atoms with Crippen molar-refractivity contribution >= 4 is 27.3 Å². The van der Waals surface area contributed by atoms with Crippen LogP contribution in [0.4, 0.5) is 0 Å². The smallest absolute Gasteiger partial charge is 0.0214 e. The molecule has 2 atom stereocenters. The van der Waals surface area contributed by atoms with Crippen molar-refractivity contribution in [1.82, 2.24) is 0 Å². The van der Waals surface area contributed by atoms with Crippen molar-refractivity contribution in [2.75, 3.05) is 0 Å².